The molecular weight excluding hydrogens is 200 g/mol. The minimum atomic E-state index is -0.352. The van der Waals surface area contributed by atoms with E-state index in [4.69, 9.17) is 4.74 Å². The van der Waals surface area contributed by atoms with Gasteiger partial charge in [0.15, 0.2) is 0 Å². The van der Waals surface area contributed by atoms with Crippen LogP contribution in [0.2, 0.25) is 0 Å². The van der Waals surface area contributed by atoms with Crippen LogP contribution < -0.4 is 4.74 Å². The molecule has 2 heteroatoms. The summed E-state index contributed by atoms with van der Waals surface area (Å²) in [4.78, 5) is 0. The number of aryl methyl sites for hydroxylation is 1. The summed E-state index contributed by atoms with van der Waals surface area (Å²) in [6.07, 6.45) is 3.17. The van der Waals surface area contributed by atoms with Crippen molar-refractivity contribution in [1.82, 2.24) is 0 Å². The van der Waals surface area contributed by atoms with Gasteiger partial charge in [0.25, 0.3) is 0 Å². The lowest BCUT2D eigenvalue weighted by Gasteiger charge is -2.31. The summed E-state index contributed by atoms with van der Waals surface area (Å²) >= 11 is 0. The van der Waals surface area contributed by atoms with Crippen molar-refractivity contribution >= 4 is 0 Å². The number of hydrogen-bond donors (Lipinski definition) is 1. The standard InChI is InChI=1S/C14H20O2/c1-3-16-13-8-7-10(2)9-12(13)14(15)11-5-4-6-11/h7-9,11,14-15H,3-6H2,1-2H3. The zero-order valence-corrected chi connectivity index (χ0v) is 10.1. The Morgan fingerprint density at radius 2 is 2.19 bits per heavy atom. The Morgan fingerprint density at radius 3 is 2.75 bits per heavy atom. The zero-order valence-electron chi connectivity index (χ0n) is 10.1. The van der Waals surface area contributed by atoms with Crippen molar-refractivity contribution in [2.24, 2.45) is 5.92 Å². The van der Waals surface area contributed by atoms with Gasteiger partial charge in [-0.1, -0.05) is 18.1 Å². The lowest BCUT2D eigenvalue weighted by atomic mass is 9.78. The molecule has 1 N–H and O–H groups in total. The molecule has 0 spiro atoms. The van der Waals surface area contributed by atoms with Crippen LogP contribution in [0.25, 0.3) is 0 Å². The molecule has 1 unspecified atom stereocenters. The van der Waals surface area contributed by atoms with Crippen molar-refractivity contribution in [1.29, 1.82) is 0 Å². The van der Waals surface area contributed by atoms with Gasteiger partial charge in [-0.15, -0.1) is 0 Å². The first kappa shape index (κ1) is 11.5. The Labute approximate surface area is 97.3 Å². The van der Waals surface area contributed by atoms with Crippen LogP contribution in [0.4, 0.5) is 0 Å². The molecule has 88 valence electrons. The first-order valence-corrected chi connectivity index (χ1v) is 6.13. The van der Waals surface area contributed by atoms with Gasteiger partial charge in [-0.05, 0) is 44.7 Å². The fourth-order valence-electron chi connectivity index (χ4n) is 2.20. The lowest BCUT2D eigenvalue weighted by molar-refractivity contribution is 0.0595. The van der Waals surface area contributed by atoms with Gasteiger partial charge >= 0.3 is 0 Å². The van der Waals surface area contributed by atoms with Gasteiger partial charge in [0.1, 0.15) is 5.75 Å². The molecule has 1 atom stereocenters. The molecule has 1 saturated carbocycles. The molecule has 2 rings (SSSR count). The van der Waals surface area contributed by atoms with Crippen LogP contribution >= 0.6 is 0 Å². The van der Waals surface area contributed by atoms with E-state index in [9.17, 15) is 5.11 Å². The summed E-state index contributed by atoms with van der Waals surface area (Å²) in [5.41, 5.74) is 2.14. The van der Waals surface area contributed by atoms with Crippen molar-refractivity contribution in [3.63, 3.8) is 0 Å². The van der Waals surface area contributed by atoms with Crippen LogP contribution in [0.15, 0.2) is 18.2 Å². The summed E-state index contributed by atoms with van der Waals surface area (Å²) < 4.78 is 5.57. The fourth-order valence-corrected chi connectivity index (χ4v) is 2.20. The van der Waals surface area contributed by atoms with Crippen LogP contribution in [-0.2, 0) is 0 Å². The van der Waals surface area contributed by atoms with Gasteiger partial charge in [0.05, 0.1) is 12.7 Å². The Hall–Kier alpha value is -1.02. The van der Waals surface area contributed by atoms with Gasteiger partial charge in [-0.2, -0.15) is 0 Å². The number of aliphatic hydroxyl groups excluding tert-OH is 1. The van der Waals surface area contributed by atoms with Crippen molar-refractivity contribution in [2.75, 3.05) is 6.61 Å². The molecule has 0 aliphatic heterocycles. The third kappa shape index (κ3) is 2.22. The molecule has 0 aromatic heterocycles. The van der Waals surface area contributed by atoms with Gasteiger partial charge in [0.2, 0.25) is 0 Å². The van der Waals surface area contributed by atoms with E-state index < -0.39 is 0 Å². The van der Waals surface area contributed by atoms with E-state index in [1.54, 1.807) is 0 Å². The molecule has 1 fully saturated rings. The summed E-state index contributed by atoms with van der Waals surface area (Å²) in [5, 5.41) is 10.3. The number of rotatable bonds is 4. The van der Waals surface area contributed by atoms with E-state index in [2.05, 4.69) is 0 Å². The monoisotopic (exact) mass is 220 g/mol. The van der Waals surface area contributed by atoms with E-state index in [1.165, 1.54) is 12.0 Å². The fraction of sp³-hybridized carbons (Fsp3) is 0.571. The highest BCUT2D eigenvalue weighted by Gasteiger charge is 2.28. The van der Waals surface area contributed by atoms with Crippen LogP contribution in [0, 0.1) is 12.8 Å². The molecule has 1 aliphatic rings. The third-order valence-corrected chi connectivity index (χ3v) is 3.38. The van der Waals surface area contributed by atoms with E-state index >= 15 is 0 Å². The quantitative estimate of drug-likeness (QED) is 0.844. The second kappa shape index (κ2) is 4.88. The normalized spacial score (nSPS) is 17.9. The molecule has 1 aromatic rings. The number of aliphatic hydroxyl groups is 1. The lowest BCUT2D eigenvalue weighted by Crippen LogP contribution is -2.20. The Kier molecular flexibility index (Phi) is 3.49. The Bertz CT molecular complexity index is 356. The Balaban J connectivity index is 2.24. The molecule has 0 bridgehead atoms. The van der Waals surface area contributed by atoms with Crippen molar-refractivity contribution in [2.45, 2.75) is 39.2 Å². The molecule has 0 saturated heterocycles. The average molecular weight is 220 g/mol. The SMILES string of the molecule is CCOc1ccc(C)cc1C(O)C1CCC1. The number of benzene rings is 1. The van der Waals surface area contributed by atoms with Crippen LogP contribution in [0.1, 0.15) is 43.4 Å². The molecule has 2 nitrogen and oxygen atoms in total. The molecule has 0 amide bonds. The van der Waals surface area contributed by atoms with Gasteiger partial charge in [-0.25, -0.2) is 0 Å². The summed E-state index contributed by atoms with van der Waals surface area (Å²) in [5.74, 6) is 1.27. The third-order valence-electron chi connectivity index (χ3n) is 3.38. The highest BCUT2D eigenvalue weighted by Crippen LogP contribution is 2.40. The molecule has 0 radical (unpaired) electrons. The van der Waals surface area contributed by atoms with E-state index in [0.29, 0.717) is 12.5 Å². The maximum atomic E-state index is 10.3. The van der Waals surface area contributed by atoms with Gasteiger partial charge < -0.3 is 9.84 Å². The molecule has 1 aromatic carbocycles. The maximum Gasteiger partial charge on any atom is 0.125 e. The van der Waals surface area contributed by atoms with Crippen molar-refractivity contribution < 1.29 is 9.84 Å². The van der Waals surface area contributed by atoms with Crippen molar-refractivity contribution in [3.8, 4) is 5.75 Å². The van der Waals surface area contributed by atoms with Gasteiger partial charge in [-0.3, -0.25) is 0 Å². The second-order valence-electron chi connectivity index (χ2n) is 4.61. The minimum Gasteiger partial charge on any atom is -0.493 e. The van der Waals surface area contributed by atoms with E-state index in [0.717, 1.165) is 24.2 Å². The number of hydrogen-bond acceptors (Lipinski definition) is 2. The minimum absolute atomic E-state index is 0.352. The van der Waals surface area contributed by atoms with Crippen molar-refractivity contribution in [3.05, 3.63) is 29.3 Å². The van der Waals surface area contributed by atoms with Crippen LogP contribution in [0.3, 0.4) is 0 Å². The highest BCUT2D eigenvalue weighted by atomic mass is 16.5. The van der Waals surface area contributed by atoms with Crippen LogP contribution in [0.5, 0.6) is 5.75 Å². The Morgan fingerprint density at radius 1 is 1.44 bits per heavy atom. The second-order valence-corrected chi connectivity index (χ2v) is 4.61. The van der Waals surface area contributed by atoms with E-state index in [1.807, 2.05) is 32.0 Å². The predicted molar refractivity (Wildman–Crippen MR) is 64.6 cm³/mol. The topological polar surface area (TPSA) is 29.5 Å². The molecular formula is C14H20O2. The first-order chi connectivity index (χ1) is 7.72. The summed E-state index contributed by atoms with van der Waals surface area (Å²) in [6.45, 7) is 4.67. The predicted octanol–water partition coefficient (Wildman–Crippen LogP) is 3.23. The number of ether oxygens (including phenoxy) is 1. The molecule has 0 heterocycles. The highest BCUT2D eigenvalue weighted by molar-refractivity contribution is 5.39. The molecule has 1 aliphatic carbocycles. The largest absolute Gasteiger partial charge is 0.493 e. The maximum absolute atomic E-state index is 10.3. The first-order valence-electron chi connectivity index (χ1n) is 6.13. The average Bonchev–Trinajstić information content (AvgIpc) is 2.18. The summed E-state index contributed by atoms with van der Waals surface area (Å²) in [7, 11) is 0. The zero-order chi connectivity index (χ0) is 11.5. The molecule has 16 heavy (non-hydrogen) atoms. The van der Waals surface area contributed by atoms with Crippen LogP contribution in [-0.4, -0.2) is 11.7 Å². The summed E-state index contributed by atoms with van der Waals surface area (Å²) in [6, 6.07) is 6.05. The van der Waals surface area contributed by atoms with E-state index in [-0.39, 0.29) is 6.10 Å². The smallest absolute Gasteiger partial charge is 0.125 e. The van der Waals surface area contributed by atoms with Gasteiger partial charge in [0, 0.05) is 5.56 Å².